The summed E-state index contributed by atoms with van der Waals surface area (Å²) in [6, 6.07) is 0. The number of carboxylic acids is 1. The second-order valence-electron chi connectivity index (χ2n) is 5.02. The van der Waals surface area contributed by atoms with Gasteiger partial charge in [-0.3, -0.25) is 9.59 Å². The number of nitrogens with one attached hydrogen (secondary N) is 1. The van der Waals surface area contributed by atoms with E-state index in [0.717, 1.165) is 12.3 Å². The van der Waals surface area contributed by atoms with Crippen LogP contribution < -0.4 is 5.32 Å². The molecule has 1 fully saturated rings. The Labute approximate surface area is 101 Å². The summed E-state index contributed by atoms with van der Waals surface area (Å²) >= 11 is 0. The molecule has 2 aliphatic rings. The number of carboxylic acid groups (broad SMARTS) is 1. The molecule has 0 aromatic heterocycles. The van der Waals surface area contributed by atoms with Crippen LogP contribution in [0.1, 0.15) is 32.1 Å². The van der Waals surface area contributed by atoms with Crippen LogP contribution in [-0.4, -0.2) is 23.5 Å². The van der Waals surface area contributed by atoms with Gasteiger partial charge >= 0.3 is 5.97 Å². The number of carbonyl (C=O) groups excluding carboxylic acids is 1. The van der Waals surface area contributed by atoms with E-state index in [2.05, 4.69) is 5.32 Å². The summed E-state index contributed by atoms with van der Waals surface area (Å²) in [6.07, 6.45) is 8.37. The highest BCUT2D eigenvalue weighted by Gasteiger charge is 2.33. The van der Waals surface area contributed by atoms with Crippen LogP contribution in [0.5, 0.6) is 0 Å². The number of amides is 1. The average Bonchev–Trinajstić information content (AvgIpc) is 3.13. The molecule has 0 aromatic rings. The third kappa shape index (κ3) is 3.32. The van der Waals surface area contributed by atoms with Crippen LogP contribution in [0.4, 0.5) is 0 Å². The summed E-state index contributed by atoms with van der Waals surface area (Å²) in [5.74, 6) is -1.12. The van der Waals surface area contributed by atoms with E-state index in [0.29, 0.717) is 19.4 Å². The molecule has 0 bridgehead atoms. The maximum absolute atomic E-state index is 11.9. The molecule has 0 saturated heterocycles. The molecule has 2 N–H and O–H groups in total. The van der Waals surface area contributed by atoms with Gasteiger partial charge in [-0.15, -0.1) is 0 Å². The lowest BCUT2D eigenvalue weighted by atomic mass is 9.82. The molecule has 94 valence electrons. The van der Waals surface area contributed by atoms with Crippen LogP contribution in [0.25, 0.3) is 0 Å². The molecule has 0 aromatic carbocycles. The van der Waals surface area contributed by atoms with E-state index >= 15 is 0 Å². The van der Waals surface area contributed by atoms with E-state index in [9.17, 15) is 9.59 Å². The minimum atomic E-state index is -0.864. The Balaban J connectivity index is 1.82. The van der Waals surface area contributed by atoms with Gasteiger partial charge in [0.05, 0.1) is 11.8 Å². The first kappa shape index (κ1) is 12.1. The fraction of sp³-hybridized carbons (Fsp3) is 0.692. The number of hydrogen-bond donors (Lipinski definition) is 2. The largest absolute Gasteiger partial charge is 0.481 e. The van der Waals surface area contributed by atoms with Gasteiger partial charge in [-0.2, -0.15) is 0 Å². The summed E-state index contributed by atoms with van der Waals surface area (Å²) < 4.78 is 0. The molecular formula is C13H19NO3. The zero-order valence-electron chi connectivity index (χ0n) is 9.89. The monoisotopic (exact) mass is 237 g/mol. The zero-order chi connectivity index (χ0) is 12.3. The van der Waals surface area contributed by atoms with Crippen molar-refractivity contribution in [2.45, 2.75) is 32.1 Å². The standard InChI is InChI=1S/C13H19NO3/c15-12(14-8-7-9-5-6-9)10-3-1-2-4-11(10)13(16)17/h1-2,9-11H,3-8H2,(H,14,15)(H,16,17). The first-order chi connectivity index (χ1) is 8.18. The van der Waals surface area contributed by atoms with Gasteiger partial charge in [0.2, 0.25) is 5.91 Å². The molecule has 1 saturated carbocycles. The summed E-state index contributed by atoms with van der Waals surface area (Å²) in [4.78, 5) is 23.0. The van der Waals surface area contributed by atoms with Crippen LogP contribution in [-0.2, 0) is 9.59 Å². The van der Waals surface area contributed by atoms with E-state index in [4.69, 9.17) is 5.11 Å². The Morgan fingerprint density at radius 3 is 2.41 bits per heavy atom. The van der Waals surface area contributed by atoms with Crippen LogP contribution in [0.2, 0.25) is 0 Å². The Kier molecular flexibility index (Phi) is 3.82. The van der Waals surface area contributed by atoms with Crippen molar-refractivity contribution < 1.29 is 14.7 Å². The molecule has 0 heterocycles. The summed E-state index contributed by atoms with van der Waals surface area (Å²) in [5, 5.41) is 11.9. The normalized spacial score (nSPS) is 27.8. The number of allylic oxidation sites excluding steroid dienone is 2. The molecule has 2 aliphatic carbocycles. The van der Waals surface area contributed by atoms with Crippen LogP contribution in [0, 0.1) is 17.8 Å². The Morgan fingerprint density at radius 1 is 1.18 bits per heavy atom. The quantitative estimate of drug-likeness (QED) is 0.713. The van der Waals surface area contributed by atoms with E-state index in [1.807, 2.05) is 12.2 Å². The minimum absolute atomic E-state index is 0.0950. The van der Waals surface area contributed by atoms with Crippen molar-refractivity contribution in [3.05, 3.63) is 12.2 Å². The smallest absolute Gasteiger partial charge is 0.307 e. The summed E-state index contributed by atoms with van der Waals surface area (Å²) in [6.45, 7) is 0.691. The molecule has 2 atom stereocenters. The Hall–Kier alpha value is -1.32. The molecule has 1 amide bonds. The van der Waals surface area contributed by atoms with Crippen LogP contribution in [0.3, 0.4) is 0 Å². The Morgan fingerprint density at radius 2 is 1.82 bits per heavy atom. The third-order valence-electron chi connectivity index (χ3n) is 3.64. The van der Waals surface area contributed by atoms with E-state index in [-0.39, 0.29) is 5.91 Å². The first-order valence-corrected chi connectivity index (χ1v) is 6.34. The van der Waals surface area contributed by atoms with E-state index < -0.39 is 17.8 Å². The lowest BCUT2D eigenvalue weighted by Crippen LogP contribution is -2.39. The highest BCUT2D eigenvalue weighted by molar-refractivity contribution is 5.85. The van der Waals surface area contributed by atoms with Crippen molar-refractivity contribution in [3.8, 4) is 0 Å². The topological polar surface area (TPSA) is 66.4 Å². The molecule has 17 heavy (non-hydrogen) atoms. The van der Waals surface area contributed by atoms with Gasteiger partial charge in [-0.25, -0.2) is 0 Å². The second-order valence-corrected chi connectivity index (χ2v) is 5.02. The van der Waals surface area contributed by atoms with Gasteiger partial charge in [-0.1, -0.05) is 25.0 Å². The minimum Gasteiger partial charge on any atom is -0.481 e. The van der Waals surface area contributed by atoms with Crippen molar-refractivity contribution >= 4 is 11.9 Å². The van der Waals surface area contributed by atoms with Gasteiger partial charge in [0.1, 0.15) is 0 Å². The predicted octanol–water partition coefficient (Wildman–Crippen LogP) is 1.57. The molecule has 4 nitrogen and oxygen atoms in total. The maximum Gasteiger partial charge on any atom is 0.307 e. The van der Waals surface area contributed by atoms with Crippen molar-refractivity contribution in [3.63, 3.8) is 0 Å². The first-order valence-electron chi connectivity index (χ1n) is 6.34. The zero-order valence-corrected chi connectivity index (χ0v) is 9.89. The van der Waals surface area contributed by atoms with Crippen LogP contribution >= 0.6 is 0 Å². The lowest BCUT2D eigenvalue weighted by molar-refractivity contribution is -0.147. The maximum atomic E-state index is 11.9. The van der Waals surface area contributed by atoms with Crippen molar-refractivity contribution in [2.24, 2.45) is 17.8 Å². The predicted molar refractivity (Wildman–Crippen MR) is 63.3 cm³/mol. The molecule has 0 spiro atoms. The molecule has 0 radical (unpaired) electrons. The average molecular weight is 237 g/mol. The fourth-order valence-electron chi connectivity index (χ4n) is 2.31. The van der Waals surface area contributed by atoms with Crippen molar-refractivity contribution in [1.29, 1.82) is 0 Å². The van der Waals surface area contributed by atoms with Gasteiger partial charge in [0, 0.05) is 6.54 Å². The lowest BCUT2D eigenvalue weighted by Gasteiger charge is -2.24. The second kappa shape index (κ2) is 5.34. The highest BCUT2D eigenvalue weighted by atomic mass is 16.4. The van der Waals surface area contributed by atoms with Crippen LogP contribution in [0.15, 0.2) is 12.2 Å². The number of carbonyl (C=O) groups is 2. The van der Waals surface area contributed by atoms with Gasteiger partial charge in [-0.05, 0) is 25.2 Å². The molecule has 4 heteroatoms. The highest BCUT2D eigenvalue weighted by Crippen LogP contribution is 2.32. The molecule has 0 aliphatic heterocycles. The number of aliphatic carboxylic acids is 1. The van der Waals surface area contributed by atoms with Crippen molar-refractivity contribution in [2.75, 3.05) is 6.54 Å². The van der Waals surface area contributed by atoms with Gasteiger partial charge in [0.15, 0.2) is 0 Å². The number of hydrogen-bond acceptors (Lipinski definition) is 2. The Bertz CT molecular complexity index is 334. The fourth-order valence-corrected chi connectivity index (χ4v) is 2.31. The van der Waals surface area contributed by atoms with Crippen molar-refractivity contribution in [1.82, 2.24) is 5.32 Å². The van der Waals surface area contributed by atoms with E-state index in [1.54, 1.807) is 0 Å². The SMILES string of the molecule is O=C(O)C1CC=CCC1C(=O)NCCC1CC1. The number of rotatable bonds is 5. The summed E-state index contributed by atoms with van der Waals surface area (Å²) in [5.41, 5.74) is 0. The molecular weight excluding hydrogens is 218 g/mol. The van der Waals surface area contributed by atoms with E-state index in [1.165, 1.54) is 12.8 Å². The molecule has 2 unspecified atom stereocenters. The van der Waals surface area contributed by atoms with Gasteiger partial charge < -0.3 is 10.4 Å². The third-order valence-corrected chi connectivity index (χ3v) is 3.64. The van der Waals surface area contributed by atoms with Gasteiger partial charge in [0.25, 0.3) is 0 Å². The summed E-state index contributed by atoms with van der Waals surface area (Å²) in [7, 11) is 0. The molecule has 2 rings (SSSR count).